The summed E-state index contributed by atoms with van der Waals surface area (Å²) in [5.41, 5.74) is 1.89. The maximum atomic E-state index is 12.4. The Bertz CT molecular complexity index is 764. The molecule has 3 heterocycles. The van der Waals surface area contributed by atoms with Crippen molar-refractivity contribution in [2.45, 2.75) is 50.7 Å². The van der Waals surface area contributed by atoms with Crippen LogP contribution in [0.15, 0.2) is 9.90 Å². The first kappa shape index (κ1) is 16.6. The summed E-state index contributed by atoms with van der Waals surface area (Å²) in [6.07, 6.45) is 3.74. The minimum absolute atomic E-state index is 0.0574. The van der Waals surface area contributed by atoms with E-state index in [1.807, 2.05) is 5.38 Å². The van der Waals surface area contributed by atoms with E-state index >= 15 is 0 Å². The number of unbranched alkanes of at least 4 members (excludes halogenated alkanes) is 1. The van der Waals surface area contributed by atoms with Crippen LogP contribution in [-0.2, 0) is 45.5 Å². The number of rotatable bonds is 7. The number of hydrogen-bond donors (Lipinski definition) is 0. The van der Waals surface area contributed by atoms with Crippen molar-refractivity contribution in [2.75, 3.05) is 6.61 Å². The first-order chi connectivity index (χ1) is 11.1. The van der Waals surface area contributed by atoms with Gasteiger partial charge in [0.15, 0.2) is 9.84 Å². The molecule has 0 radical (unpaired) electrons. The minimum atomic E-state index is -3.33. The summed E-state index contributed by atoms with van der Waals surface area (Å²) in [6.45, 7) is 3.09. The molecule has 0 amide bonds. The highest BCUT2D eigenvalue weighted by Crippen LogP contribution is 2.23. The Kier molecular flexibility index (Phi) is 5.13. The van der Waals surface area contributed by atoms with Crippen LogP contribution >= 0.6 is 11.3 Å². The number of fused-ring (bicyclic) bond motifs is 1. The van der Waals surface area contributed by atoms with Gasteiger partial charge in [-0.3, -0.25) is 0 Å². The van der Waals surface area contributed by atoms with E-state index < -0.39 is 9.84 Å². The van der Waals surface area contributed by atoms with Gasteiger partial charge in [-0.25, -0.2) is 13.4 Å². The maximum absolute atomic E-state index is 12.4. The van der Waals surface area contributed by atoms with Crippen molar-refractivity contribution in [2.24, 2.45) is 0 Å². The average Bonchev–Trinajstić information content (AvgIpc) is 3.12. The molecule has 0 fully saturated rings. The lowest BCUT2D eigenvalue weighted by molar-refractivity contribution is 0.102. The summed E-state index contributed by atoms with van der Waals surface area (Å²) in [4.78, 5) is 4.42. The molecule has 6 nitrogen and oxygen atoms in total. The quantitative estimate of drug-likeness (QED) is 0.758. The molecule has 8 heteroatoms. The lowest BCUT2D eigenvalue weighted by Crippen LogP contribution is -2.13. The molecule has 126 valence electrons. The molecule has 23 heavy (non-hydrogen) atoms. The number of hydrogen-bond acceptors (Lipinski definition) is 7. The smallest absolute Gasteiger partial charge is 0.161 e. The van der Waals surface area contributed by atoms with Crippen LogP contribution in [0.25, 0.3) is 0 Å². The van der Waals surface area contributed by atoms with E-state index in [1.165, 1.54) is 11.3 Å². The van der Waals surface area contributed by atoms with Crippen LogP contribution in [0.2, 0.25) is 0 Å². The van der Waals surface area contributed by atoms with Gasteiger partial charge in [0.25, 0.3) is 0 Å². The Hall–Kier alpha value is -1.25. The zero-order valence-corrected chi connectivity index (χ0v) is 14.7. The molecule has 0 N–H and O–H groups in total. The van der Waals surface area contributed by atoms with Crippen molar-refractivity contribution < 1.29 is 17.7 Å². The predicted octanol–water partition coefficient (Wildman–Crippen LogP) is 2.66. The highest BCUT2D eigenvalue weighted by molar-refractivity contribution is 7.89. The first-order valence-electron chi connectivity index (χ1n) is 7.75. The number of ether oxygens (including phenoxy) is 1. The molecule has 0 bridgehead atoms. The highest BCUT2D eigenvalue weighted by atomic mass is 32.2. The fourth-order valence-electron chi connectivity index (χ4n) is 2.54. The van der Waals surface area contributed by atoms with Crippen LogP contribution in [0, 0.1) is 0 Å². The van der Waals surface area contributed by atoms with E-state index in [0.717, 1.165) is 35.6 Å². The summed E-state index contributed by atoms with van der Waals surface area (Å²) in [5.74, 6) is 0.562. The largest absolute Gasteiger partial charge is 0.376 e. The molecular weight excluding hydrogens is 336 g/mol. The van der Waals surface area contributed by atoms with Crippen molar-refractivity contribution in [3.63, 3.8) is 0 Å². The molecule has 0 saturated heterocycles. The van der Waals surface area contributed by atoms with Gasteiger partial charge >= 0.3 is 0 Å². The number of sulfone groups is 1. The van der Waals surface area contributed by atoms with E-state index in [4.69, 9.17) is 9.26 Å². The lowest BCUT2D eigenvalue weighted by atomic mass is 10.1. The van der Waals surface area contributed by atoms with Gasteiger partial charge in [0.05, 0.1) is 35.4 Å². The first-order valence-corrected chi connectivity index (χ1v) is 10.4. The average molecular weight is 356 g/mol. The second kappa shape index (κ2) is 7.11. The van der Waals surface area contributed by atoms with Gasteiger partial charge in [0, 0.05) is 17.4 Å². The van der Waals surface area contributed by atoms with E-state index in [-0.39, 0.29) is 11.5 Å². The minimum Gasteiger partial charge on any atom is -0.376 e. The summed E-state index contributed by atoms with van der Waals surface area (Å²) in [7, 11) is -3.33. The molecule has 3 rings (SSSR count). The maximum Gasteiger partial charge on any atom is 0.161 e. The molecule has 0 unspecified atom stereocenters. The zero-order valence-electron chi connectivity index (χ0n) is 13.1. The number of nitrogens with zero attached hydrogens (tertiary/aromatic N) is 2. The standard InChI is InChI=1S/C15H20N2O4S2/c1-2-3-4-15-16-11(8-22-15)9-23(18,19)10-13-12-7-20-6-5-14(12)21-17-13/h8H,2-7,9-10H2,1H3. The molecule has 1 aliphatic heterocycles. The molecule has 2 aromatic heterocycles. The van der Waals surface area contributed by atoms with Crippen LogP contribution in [0.1, 0.15) is 47.5 Å². The molecule has 0 aromatic carbocycles. The Morgan fingerprint density at radius 3 is 3.04 bits per heavy atom. The third-order valence-corrected chi connectivity index (χ3v) is 6.15. The van der Waals surface area contributed by atoms with Crippen LogP contribution in [0.5, 0.6) is 0 Å². The third-order valence-electron chi connectivity index (χ3n) is 3.74. The van der Waals surface area contributed by atoms with E-state index in [1.54, 1.807) is 0 Å². The van der Waals surface area contributed by atoms with Gasteiger partial charge in [0.2, 0.25) is 0 Å². The Morgan fingerprint density at radius 1 is 1.35 bits per heavy atom. The lowest BCUT2D eigenvalue weighted by Gasteiger charge is -2.10. The van der Waals surface area contributed by atoms with Gasteiger partial charge in [0.1, 0.15) is 11.5 Å². The molecule has 0 aliphatic carbocycles. The van der Waals surface area contributed by atoms with Gasteiger partial charge in [-0.1, -0.05) is 18.5 Å². The topological polar surface area (TPSA) is 82.3 Å². The SMILES string of the molecule is CCCCc1nc(CS(=O)(=O)Cc2noc3c2COCC3)cs1. The fraction of sp³-hybridized carbons (Fsp3) is 0.600. The number of aromatic nitrogens is 2. The van der Waals surface area contributed by atoms with Crippen molar-refractivity contribution in [1.29, 1.82) is 0 Å². The van der Waals surface area contributed by atoms with Crippen LogP contribution in [-0.4, -0.2) is 25.2 Å². The second-order valence-electron chi connectivity index (χ2n) is 5.70. The second-order valence-corrected chi connectivity index (χ2v) is 8.71. The molecule has 0 spiro atoms. The monoisotopic (exact) mass is 356 g/mol. The third kappa shape index (κ3) is 4.19. The van der Waals surface area contributed by atoms with Crippen molar-refractivity contribution in [3.05, 3.63) is 33.1 Å². The Balaban J connectivity index is 1.67. The predicted molar refractivity (Wildman–Crippen MR) is 86.9 cm³/mol. The van der Waals surface area contributed by atoms with Crippen molar-refractivity contribution in [3.8, 4) is 0 Å². The zero-order chi connectivity index (χ0) is 16.3. The van der Waals surface area contributed by atoms with Crippen LogP contribution in [0.4, 0.5) is 0 Å². The summed E-state index contributed by atoms with van der Waals surface area (Å²) >= 11 is 1.53. The van der Waals surface area contributed by atoms with Gasteiger partial charge in [-0.15, -0.1) is 11.3 Å². The number of thiazole rings is 1. The number of aryl methyl sites for hydroxylation is 1. The Labute approximate surface area is 139 Å². The summed E-state index contributed by atoms with van der Waals surface area (Å²) in [5, 5.41) is 6.76. The van der Waals surface area contributed by atoms with Crippen molar-refractivity contribution in [1.82, 2.24) is 10.1 Å². The molecule has 0 saturated carbocycles. The fourth-order valence-corrected chi connectivity index (χ4v) is 4.83. The molecular formula is C15H20N2O4S2. The van der Waals surface area contributed by atoms with E-state index in [0.29, 0.717) is 31.0 Å². The highest BCUT2D eigenvalue weighted by Gasteiger charge is 2.24. The summed E-state index contributed by atoms with van der Waals surface area (Å²) < 4.78 is 35.4. The van der Waals surface area contributed by atoms with Gasteiger partial charge in [-0.05, 0) is 12.8 Å². The Morgan fingerprint density at radius 2 is 2.22 bits per heavy atom. The van der Waals surface area contributed by atoms with E-state index in [9.17, 15) is 8.42 Å². The summed E-state index contributed by atoms with van der Waals surface area (Å²) in [6, 6.07) is 0. The van der Waals surface area contributed by atoms with Gasteiger partial charge < -0.3 is 9.26 Å². The molecule has 2 aromatic rings. The van der Waals surface area contributed by atoms with Crippen LogP contribution in [0.3, 0.4) is 0 Å². The van der Waals surface area contributed by atoms with Crippen molar-refractivity contribution >= 4 is 21.2 Å². The normalized spacial score (nSPS) is 14.8. The van der Waals surface area contributed by atoms with Crippen LogP contribution < -0.4 is 0 Å². The van der Waals surface area contributed by atoms with Gasteiger partial charge in [-0.2, -0.15) is 0 Å². The van der Waals surface area contributed by atoms with E-state index in [2.05, 4.69) is 17.1 Å². The molecule has 1 aliphatic rings. The molecule has 0 atom stereocenters.